The fourth-order valence-electron chi connectivity index (χ4n) is 3.43. The van der Waals surface area contributed by atoms with Gasteiger partial charge in [-0.2, -0.15) is 0 Å². The molecule has 0 radical (unpaired) electrons. The van der Waals surface area contributed by atoms with Gasteiger partial charge in [-0.15, -0.1) is 11.8 Å². The van der Waals surface area contributed by atoms with E-state index in [1.807, 2.05) is 24.5 Å². The van der Waals surface area contributed by atoms with Gasteiger partial charge in [0.15, 0.2) is 8.32 Å². The maximum absolute atomic E-state index is 12.3. The number of carbonyl (C=O) groups excluding carboxylic acids is 1. The molecular weight excluding hydrogens is 348 g/mol. The number of benzene rings is 1. The minimum absolute atomic E-state index is 0.0133. The molecule has 1 aromatic rings. The highest BCUT2D eigenvalue weighted by atomic mass is 32.2. The first-order valence-electron chi connectivity index (χ1n) is 8.79. The number of ether oxygens (including phenoxy) is 1. The molecule has 1 aliphatic carbocycles. The van der Waals surface area contributed by atoms with Crippen LogP contribution in [0.5, 0.6) is 0 Å². The number of methoxy groups -OCH3 is 1. The summed E-state index contributed by atoms with van der Waals surface area (Å²) in [5, 5.41) is 0. The Hall–Kier alpha value is -1.04. The largest absolute Gasteiger partial charge is 0.504 e. The molecule has 5 heteroatoms. The molecule has 1 fully saturated rings. The number of hydrogen-bond acceptors (Lipinski definition) is 4. The summed E-state index contributed by atoms with van der Waals surface area (Å²) in [6.45, 7) is 10.9. The van der Waals surface area contributed by atoms with Gasteiger partial charge in [0.1, 0.15) is 5.78 Å². The van der Waals surface area contributed by atoms with Gasteiger partial charge in [-0.1, -0.05) is 18.2 Å². The van der Waals surface area contributed by atoms with E-state index in [2.05, 4.69) is 45.6 Å². The van der Waals surface area contributed by atoms with Crippen LogP contribution in [-0.4, -0.2) is 32.1 Å². The Morgan fingerprint density at radius 2 is 1.88 bits per heavy atom. The second-order valence-electron chi connectivity index (χ2n) is 7.88. The molecule has 3 unspecified atom stereocenters. The van der Waals surface area contributed by atoms with E-state index in [1.54, 1.807) is 18.9 Å². The molecule has 0 aromatic heterocycles. The van der Waals surface area contributed by atoms with Crippen molar-refractivity contribution >= 4 is 25.9 Å². The summed E-state index contributed by atoms with van der Waals surface area (Å²) in [6.07, 6.45) is 2.89. The zero-order chi connectivity index (χ0) is 18.7. The molecule has 0 spiro atoms. The lowest BCUT2D eigenvalue weighted by atomic mass is 9.85. The SMILES string of the molecule is COC=C(C)C(C)(Sc1ccccc1)C1CC(=O)CC1O[Si](C)(C)C. The number of carbonyl (C=O) groups is 1. The summed E-state index contributed by atoms with van der Waals surface area (Å²) >= 11 is 1.80. The Balaban J connectivity index is 2.39. The molecule has 0 N–H and O–H groups in total. The number of hydrogen-bond donors (Lipinski definition) is 0. The van der Waals surface area contributed by atoms with Crippen LogP contribution in [0.2, 0.25) is 19.6 Å². The van der Waals surface area contributed by atoms with E-state index in [4.69, 9.17) is 9.16 Å². The predicted octanol–water partition coefficient (Wildman–Crippen LogP) is 5.29. The Morgan fingerprint density at radius 1 is 1.24 bits per heavy atom. The molecule has 3 atom stereocenters. The zero-order valence-corrected chi connectivity index (χ0v) is 18.0. The second-order valence-corrected chi connectivity index (χ2v) is 13.9. The molecule has 0 bridgehead atoms. The average Bonchev–Trinajstić information content (AvgIpc) is 2.87. The van der Waals surface area contributed by atoms with Crippen molar-refractivity contribution in [3.63, 3.8) is 0 Å². The van der Waals surface area contributed by atoms with Crippen molar-refractivity contribution in [2.24, 2.45) is 5.92 Å². The van der Waals surface area contributed by atoms with Crippen molar-refractivity contribution in [1.82, 2.24) is 0 Å². The lowest BCUT2D eigenvalue weighted by Crippen LogP contribution is -2.42. The third-order valence-corrected chi connectivity index (χ3v) is 7.25. The summed E-state index contributed by atoms with van der Waals surface area (Å²) in [7, 11) is -0.0564. The monoisotopic (exact) mass is 378 g/mol. The molecule has 0 heterocycles. The molecular formula is C20H30O3SSi. The first-order chi connectivity index (χ1) is 11.7. The number of thioether (sulfide) groups is 1. The molecule has 0 saturated heterocycles. The molecule has 1 aromatic carbocycles. The predicted molar refractivity (Wildman–Crippen MR) is 107 cm³/mol. The maximum atomic E-state index is 12.3. The summed E-state index contributed by atoms with van der Waals surface area (Å²) in [6, 6.07) is 10.4. The number of Topliss-reactive ketones (excluding diaryl/α,β-unsaturated/α-hetero) is 1. The zero-order valence-electron chi connectivity index (χ0n) is 16.2. The van der Waals surface area contributed by atoms with Crippen molar-refractivity contribution in [1.29, 1.82) is 0 Å². The molecule has 0 amide bonds. The van der Waals surface area contributed by atoms with Gasteiger partial charge in [0.2, 0.25) is 0 Å². The van der Waals surface area contributed by atoms with E-state index in [-0.39, 0.29) is 16.8 Å². The molecule has 1 aliphatic rings. The van der Waals surface area contributed by atoms with Gasteiger partial charge in [-0.05, 0) is 51.2 Å². The Morgan fingerprint density at radius 3 is 2.44 bits per heavy atom. The minimum Gasteiger partial charge on any atom is -0.504 e. The summed E-state index contributed by atoms with van der Waals surface area (Å²) in [5.74, 6) is 0.446. The van der Waals surface area contributed by atoms with Crippen LogP contribution in [0.1, 0.15) is 26.7 Å². The molecule has 0 aliphatic heterocycles. The molecule has 25 heavy (non-hydrogen) atoms. The molecule has 1 saturated carbocycles. The normalized spacial score (nSPS) is 24.2. The lowest BCUT2D eigenvalue weighted by molar-refractivity contribution is -0.117. The maximum Gasteiger partial charge on any atom is 0.184 e. The summed E-state index contributed by atoms with van der Waals surface area (Å²) < 4.78 is 11.5. The minimum atomic E-state index is -1.73. The molecule has 138 valence electrons. The third kappa shape index (κ3) is 5.22. The van der Waals surface area contributed by atoms with Crippen LogP contribution < -0.4 is 0 Å². The van der Waals surface area contributed by atoms with Crippen molar-refractivity contribution in [2.45, 2.75) is 62.1 Å². The van der Waals surface area contributed by atoms with Crippen LogP contribution in [0, 0.1) is 5.92 Å². The van der Waals surface area contributed by atoms with Crippen molar-refractivity contribution in [3.05, 3.63) is 42.2 Å². The molecule has 3 nitrogen and oxygen atoms in total. The second kappa shape index (κ2) is 8.10. The van der Waals surface area contributed by atoms with Crippen LogP contribution in [-0.2, 0) is 14.0 Å². The first-order valence-corrected chi connectivity index (χ1v) is 13.0. The Kier molecular flexibility index (Phi) is 6.57. The summed E-state index contributed by atoms with van der Waals surface area (Å²) in [4.78, 5) is 13.5. The summed E-state index contributed by atoms with van der Waals surface area (Å²) in [5.41, 5.74) is 1.13. The van der Waals surface area contributed by atoms with Crippen LogP contribution in [0.3, 0.4) is 0 Å². The highest BCUT2D eigenvalue weighted by Crippen LogP contribution is 2.50. The lowest BCUT2D eigenvalue weighted by Gasteiger charge is -2.40. The van der Waals surface area contributed by atoms with E-state index >= 15 is 0 Å². The fraction of sp³-hybridized carbons (Fsp3) is 0.550. The highest BCUT2D eigenvalue weighted by molar-refractivity contribution is 8.00. The van der Waals surface area contributed by atoms with Crippen molar-refractivity contribution in [3.8, 4) is 0 Å². The standard InChI is InChI=1S/C20H30O3SSi/c1-15(14-22-3)20(2,24-17-10-8-7-9-11-17)18-12-16(21)13-19(18)23-25(4,5)6/h7-11,14,18-19H,12-13H2,1-6H3. The van der Waals surface area contributed by atoms with Crippen molar-refractivity contribution in [2.75, 3.05) is 7.11 Å². The molecule has 2 rings (SSSR count). The van der Waals surface area contributed by atoms with Gasteiger partial charge in [-0.3, -0.25) is 4.79 Å². The van der Waals surface area contributed by atoms with Gasteiger partial charge in [0.05, 0.1) is 19.5 Å². The van der Waals surface area contributed by atoms with E-state index in [0.717, 1.165) is 5.57 Å². The Labute approximate surface area is 157 Å². The van der Waals surface area contributed by atoms with E-state index < -0.39 is 8.32 Å². The van der Waals surface area contributed by atoms with E-state index in [9.17, 15) is 4.79 Å². The third-order valence-electron chi connectivity index (χ3n) is 4.69. The quantitative estimate of drug-likeness (QED) is 0.367. The smallest absolute Gasteiger partial charge is 0.184 e. The van der Waals surface area contributed by atoms with E-state index in [1.165, 1.54) is 4.90 Å². The van der Waals surface area contributed by atoms with Crippen LogP contribution in [0.4, 0.5) is 0 Å². The van der Waals surface area contributed by atoms with E-state index in [0.29, 0.717) is 18.6 Å². The number of ketones is 1. The average molecular weight is 379 g/mol. The van der Waals surface area contributed by atoms with Gasteiger partial charge >= 0.3 is 0 Å². The van der Waals surface area contributed by atoms with Crippen LogP contribution in [0.25, 0.3) is 0 Å². The topological polar surface area (TPSA) is 35.5 Å². The van der Waals surface area contributed by atoms with Gasteiger partial charge < -0.3 is 9.16 Å². The first kappa shape index (κ1) is 20.3. The van der Waals surface area contributed by atoms with Gasteiger partial charge in [0.25, 0.3) is 0 Å². The van der Waals surface area contributed by atoms with Crippen molar-refractivity contribution < 1.29 is 14.0 Å². The fourth-order valence-corrected chi connectivity index (χ4v) is 5.96. The number of rotatable bonds is 7. The van der Waals surface area contributed by atoms with Gasteiger partial charge in [-0.25, -0.2) is 0 Å². The van der Waals surface area contributed by atoms with Gasteiger partial charge in [0, 0.05) is 28.4 Å². The van der Waals surface area contributed by atoms with Crippen LogP contribution >= 0.6 is 11.8 Å². The van der Waals surface area contributed by atoms with Crippen LogP contribution in [0.15, 0.2) is 47.1 Å². The highest BCUT2D eigenvalue weighted by Gasteiger charge is 2.48. The Bertz CT molecular complexity index is 624.